The second kappa shape index (κ2) is 6.57. The molecule has 0 fully saturated rings. The van der Waals surface area contributed by atoms with Crippen molar-refractivity contribution in [2.75, 3.05) is 11.6 Å². The summed E-state index contributed by atoms with van der Waals surface area (Å²) in [4.78, 5) is 22.4. The number of rotatable bonds is 4. The molecule has 0 atom stereocenters. The van der Waals surface area contributed by atoms with Crippen LogP contribution in [0.3, 0.4) is 0 Å². The topological polar surface area (TPSA) is 59.3 Å². The molecule has 3 aromatic rings. The van der Waals surface area contributed by atoms with Gasteiger partial charge in [0, 0.05) is 18.8 Å². The van der Waals surface area contributed by atoms with E-state index in [9.17, 15) is 4.79 Å². The van der Waals surface area contributed by atoms with E-state index in [1.165, 1.54) is 4.21 Å². The zero-order valence-electron chi connectivity index (χ0n) is 14.2. The number of nitrogens with zero attached hydrogens (tertiary/aromatic N) is 3. The molecule has 24 heavy (non-hydrogen) atoms. The predicted molar refractivity (Wildman–Crippen MR) is 101 cm³/mol. The van der Waals surface area contributed by atoms with Crippen molar-refractivity contribution in [1.29, 1.82) is 0 Å². The Labute approximate surface area is 149 Å². The minimum Gasteiger partial charge on any atom is -0.310 e. The summed E-state index contributed by atoms with van der Waals surface area (Å²) in [5.41, 5.74) is 0.694. The van der Waals surface area contributed by atoms with E-state index in [-0.39, 0.29) is 11.3 Å². The van der Waals surface area contributed by atoms with Gasteiger partial charge in [-0.3, -0.25) is 9.20 Å². The van der Waals surface area contributed by atoms with Crippen LogP contribution in [0.4, 0.5) is 5.82 Å². The molecule has 0 radical (unpaired) electrons. The van der Waals surface area contributed by atoms with E-state index in [0.717, 1.165) is 10.6 Å². The molecule has 0 aliphatic rings. The first-order chi connectivity index (χ1) is 11.4. The average molecular weight is 361 g/mol. The highest BCUT2D eigenvalue weighted by atomic mass is 32.2. The van der Waals surface area contributed by atoms with Crippen LogP contribution in [0.5, 0.6) is 0 Å². The fourth-order valence-electron chi connectivity index (χ4n) is 2.39. The van der Waals surface area contributed by atoms with E-state index in [4.69, 9.17) is 0 Å². The first-order valence-electron chi connectivity index (χ1n) is 7.64. The molecule has 0 saturated carbocycles. The van der Waals surface area contributed by atoms with E-state index in [0.29, 0.717) is 18.0 Å². The molecule has 3 rings (SSSR count). The number of anilines is 1. The highest BCUT2D eigenvalue weighted by Crippen LogP contribution is 2.36. The zero-order chi connectivity index (χ0) is 17.3. The summed E-state index contributed by atoms with van der Waals surface area (Å²) in [6.45, 7) is 6.15. The number of fused-ring (bicyclic) bond motifs is 1. The molecule has 0 unspecified atom stereocenters. The number of amides is 1. The molecule has 0 bridgehead atoms. The summed E-state index contributed by atoms with van der Waals surface area (Å²) >= 11 is 3.36. The van der Waals surface area contributed by atoms with Gasteiger partial charge in [-0.1, -0.05) is 20.8 Å². The van der Waals surface area contributed by atoms with Crippen molar-refractivity contribution in [3.8, 4) is 10.6 Å². The lowest BCUT2D eigenvalue weighted by Crippen LogP contribution is -2.20. The molecule has 0 spiro atoms. The van der Waals surface area contributed by atoms with Crippen molar-refractivity contribution in [2.45, 2.75) is 31.4 Å². The smallest absolute Gasteiger partial charge is 0.236 e. The van der Waals surface area contributed by atoms with Crippen molar-refractivity contribution < 1.29 is 4.79 Å². The highest BCUT2D eigenvalue weighted by molar-refractivity contribution is 8.00. The maximum absolute atomic E-state index is 12.4. The van der Waals surface area contributed by atoms with Crippen LogP contribution in [0.2, 0.25) is 0 Å². The molecule has 0 aliphatic heterocycles. The highest BCUT2D eigenvalue weighted by Gasteiger charge is 2.21. The SMILES string of the molecule is CSc1ccc(-c2nc3ncccn3c2NC(=O)CC(C)(C)C)s1. The lowest BCUT2D eigenvalue weighted by Gasteiger charge is -2.17. The lowest BCUT2D eigenvalue weighted by atomic mass is 9.92. The van der Waals surface area contributed by atoms with E-state index in [1.807, 2.05) is 49.8 Å². The number of hydrogen-bond donors (Lipinski definition) is 1. The molecular formula is C17H20N4OS2. The summed E-state index contributed by atoms with van der Waals surface area (Å²) in [6, 6.07) is 5.94. The van der Waals surface area contributed by atoms with Gasteiger partial charge in [0.2, 0.25) is 11.7 Å². The van der Waals surface area contributed by atoms with Crippen molar-refractivity contribution in [3.63, 3.8) is 0 Å². The summed E-state index contributed by atoms with van der Waals surface area (Å²) in [7, 11) is 0. The summed E-state index contributed by atoms with van der Waals surface area (Å²) in [5, 5.41) is 3.04. The lowest BCUT2D eigenvalue weighted by molar-refractivity contribution is -0.117. The van der Waals surface area contributed by atoms with Gasteiger partial charge in [0.25, 0.3) is 0 Å². The zero-order valence-corrected chi connectivity index (χ0v) is 15.8. The van der Waals surface area contributed by atoms with Gasteiger partial charge < -0.3 is 5.32 Å². The Hall–Kier alpha value is -1.86. The number of nitrogens with one attached hydrogen (secondary N) is 1. The minimum absolute atomic E-state index is 0.0175. The molecule has 3 aromatic heterocycles. The van der Waals surface area contributed by atoms with Crippen LogP contribution in [0.15, 0.2) is 34.8 Å². The number of hydrogen-bond acceptors (Lipinski definition) is 5. The third-order valence-corrected chi connectivity index (χ3v) is 5.54. The van der Waals surface area contributed by atoms with Gasteiger partial charge in [-0.25, -0.2) is 9.97 Å². The van der Waals surface area contributed by atoms with Crippen LogP contribution >= 0.6 is 23.1 Å². The number of thiophene rings is 1. The first-order valence-corrected chi connectivity index (χ1v) is 9.68. The molecule has 0 aliphatic carbocycles. The molecule has 126 valence electrons. The van der Waals surface area contributed by atoms with Gasteiger partial charge in [0.1, 0.15) is 11.5 Å². The van der Waals surface area contributed by atoms with Gasteiger partial charge in [-0.2, -0.15) is 0 Å². The van der Waals surface area contributed by atoms with Crippen LogP contribution in [0.25, 0.3) is 16.3 Å². The minimum atomic E-state index is -0.0715. The van der Waals surface area contributed by atoms with E-state index in [2.05, 4.69) is 21.4 Å². The van der Waals surface area contributed by atoms with Gasteiger partial charge in [0.05, 0.1) is 9.09 Å². The quantitative estimate of drug-likeness (QED) is 0.693. The number of aromatic nitrogens is 3. The standard InChI is InChI=1S/C17H20N4OS2/c1-17(2,3)10-12(22)19-15-14(11-6-7-13(23-4)24-11)20-16-18-8-5-9-21(15)16/h5-9H,10H2,1-4H3,(H,19,22). The van der Waals surface area contributed by atoms with Crippen LogP contribution in [-0.2, 0) is 4.79 Å². The Bertz CT molecular complexity index is 876. The van der Waals surface area contributed by atoms with Gasteiger partial charge in [-0.05, 0) is 29.9 Å². The second-order valence-corrected chi connectivity index (χ2v) is 8.90. The fourth-order valence-corrected chi connectivity index (χ4v) is 3.93. The first kappa shape index (κ1) is 17.0. The van der Waals surface area contributed by atoms with Crippen molar-refractivity contribution >= 4 is 40.6 Å². The van der Waals surface area contributed by atoms with Crippen LogP contribution in [0.1, 0.15) is 27.2 Å². The van der Waals surface area contributed by atoms with Gasteiger partial charge >= 0.3 is 0 Å². The van der Waals surface area contributed by atoms with Gasteiger partial charge in [-0.15, -0.1) is 23.1 Å². The van der Waals surface area contributed by atoms with Crippen LogP contribution < -0.4 is 5.32 Å². The number of carbonyl (C=O) groups is 1. The second-order valence-electron chi connectivity index (χ2n) is 6.71. The third kappa shape index (κ3) is 3.62. The molecule has 5 nitrogen and oxygen atoms in total. The molecule has 0 aromatic carbocycles. The molecule has 1 N–H and O–H groups in total. The molecular weight excluding hydrogens is 340 g/mol. The average Bonchev–Trinajstić information content (AvgIpc) is 3.10. The summed E-state index contributed by atoms with van der Waals surface area (Å²) in [6.07, 6.45) is 6.07. The molecule has 3 heterocycles. The Morgan fingerprint density at radius 2 is 2.17 bits per heavy atom. The maximum Gasteiger partial charge on any atom is 0.236 e. The Balaban J connectivity index is 2.04. The van der Waals surface area contributed by atoms with Crippen molar-refractivity contribution in [1.82, 2.24) is 14.4 Å². The van der Waals surface area contributed by atoms with Crippen LogP contribution in [0, 0.1) is 5.41 Å². The Morgan fingerprint density at radius 1 is 1.38 bits per heavy atom. The Morgan fingerprint density at radius 3 is 2.83 bits per heavy atom. The Kier molecular flexibility index (Phi) is 4.64. The predicted octanol–water partition coefficient (Wildman–Crippen LogP) is 4.55. The van der Waals surface area contributed by atoms with Crippen molar-refractivity contribution in [2.24, 2.45) is 5.41 Å². The maximum atomic E-state index is 12.4. The number of thioether (sulfide) groups is 1. The van der Waals surface area contributed by atoms with E-state index >= 15 is 0 Å². The number of imidazole rings is 1. The number of carbonyl (C=O) groups excluding carboxylic acids is 1. The summed E-state index contributed by atoms with van der Waals surface area (Å²) < 4.78 is 3.04. The van der Waals surface area contributed by atoms with Crippen LogP contribution in [-0.4, -0.2) is 26.5 Å². The monoisotopic (exact) mass is 360 g/mol. The molecule has 1 amide bonds. The fraction of sp³-hybridized carbons (Fsp3) is 0.353. The van der Waals surface area contributed by atoms with Crippen molar-refractivity contribution in [3.05, 3.63) is 30.6 Å². The van der Waals surface area contributed by atoms with Gasteiger partial charge in [0.15, 0.2) is 0 Å². The van der Waals surface area contributed by atoms with E-state index < -0.39 is 0 Å². The van der Waals surface area contributed by atoms with E-state index in [1.54, 1.807) is 29.3 Å². The molecule has 7 heteroatoms. The third-order valence-electron chi connectivity index (χ3n) is 3.37. The summed E-state index contributed by atoms with van der Waals surface area (Å²) in [5.74, 6) is 1.25. The normalized spacial score (nSPS) is 11.8. The largest absolute Gasteiger partial charge is 0.310 e. The molecule has 0 saturated heterocycles.